The maximum absolute atomic E-state index is 13.5. The lowest BCUT2D eigenvalue weighted by Gasteiger charge is -2.35. The Labute approximate surface area is 257 Å². The third-order valence-corrected chi connectivity index (χ3v) is 9.79. The van der Waals surface area contributed by atoms with E-state index in [4.69, 9.17) is 4.99 Å². The molecule has 2 N–H and O–H groups in total. The molecule has 10 nitrogen and oxygen atoms in total. The number of amides is 2. The summed E-state index contributed by atoms with van der Waals surface area (Å²) in [5, 5.41) is 2.98. The standard InChI is InChI=1S/C32H48N6O4S/c1-7-11-26(37-19-16-24(30(37)40)13-9-17-31(2,3)4)35-27-20-28(39)36-43(41,42)29-15-8-14-25(34-29)33-18-10-12-23-21-32(5,6)38(27)22-23/h7-8,11,14-15,23-24H,1,9-10,12-13,16-22H2,2-6H3,(H,33,34)(H,36,39)/b26-11+,35-27+/t23-,24?/m0/s1. The van der Waals surface area contributed by atoms with Crippen molar-refractivity contribution in [2.24, 2.45) is 22.2 Å². The SMILES string of the molecule is C=C/C=C(\N=C1/CC(=O)NS(=O)(=O)c2cccc(n2)NCCC[C@@H]2CN1C(C)(C)C2)N1CCC(CCCC(C)(C)C)C1=O. The molecule has 1 aromatic heterocycles. The summed E-state index contributed by atoms with van der Waals surface area (Å²) in [6.45, 7) is 16.6. The van der Waals surface area contributed by atoms with Gasteiger partial charge < -0.3 is 10.2 Å². The van der Waals surface area contributed by atoms with Crippen molar-refractivity contribution >= 4 is 33.5 Å². The number of aromatic nitrogens is 1. The number of rotatable bonds is 6. The first-order valence-electron chi connectivity index (χ1n) is 15.4. The number of amidine groups is 1. The highest BCUT2D eigenvalue weighted by Gasteiger charge is 2.41. The van der Waals surface area contributed by atoms with Crippen molar-refractivity contribution < 1.29 is 18.0 Å². The average molecular weight is 613 g/mol. The first kappa shape index (κ1) is 32.7. The molecule has 11 heteroatoms. The summed E-state index contributed by atoms with van der Waals surface area (Å²) in [6, 6.07) is 4.68. The Hall–Kier alpha value is -3.21. The number of hydrogen-bond acceptors (Lipinski definition) is 7. The van der Waals surface area contributed by atoms with Crippen molar-refractivity contribution in [2.75, 3.05) is 25.0 Å². The lowest BCUT2D eigenvalue weighted by Crippen LogP contribution is -2.45. The Morgan fingerprint density at radius 2 is 2.00 bits per heavy atom. The number of anilines is 1. The van der Waals surface area contributed by atoms with E-state index in [-0.39, 0.29) is 34.2 Å². The van der Waals surface area contributed by atoms with Gasteiger partial charge in [0.05, 0.1) is 6.42 Å². The maximum Gasteiger partial charge on any atom is 0.281 e. The minimum Gasteiger partial charge on any atom is -0.370 e. The first-order chi connectivity index (χ1) is 20.2. The van der Waals surface area contributed by atoms with Crippen molar-refractivity contribution in [1.29, 1.82) is 0 Å². The quantitative estimate of drug-likeness (QED) is 0.430. The molecular formula is C32H48N6O4S. The lowest BCUT2D eigenvalue weighted by atomic mass is 9.87. The zero-order chi connectivity index (χ0) is 31.4. The summed E-state index contributed by atoms with van der Waals surface area (Å²) in [5.74, 6) is 0.942. The summed E-state index contributed by atoms with van der Waals surface area (Å²) in [7, 11) is -4.20. The fourth-order valence-corrected chi connectivity index (χ4v) is 7.37. The van der Waals surface area contributed by atoms with Gasteiger partial charge in [-0.15, -0.1) is 0 Å². The van der Waals surface area contributed by atoms with Crippen LogP contribution in [0, 0.1) is 17.3 Å². The fraction of sp³-hybridized carbons (Fsp3) is 0.625. The molecule has 2 saturated heterocycles. The molecule has 2 amide bonds. The minimum atomic E-state index is -4.20. The van der Waals surface area contributed by atoms with Crippen LogP contribution in [0.3, 0.4) is 0 Å². The average Bonchev–Trinajstić information content (AvgIpc) is 3.42. The van der Waals surface area contributed by atoms with Crippen LogP contribution in [0.5, 0.6) is 0 Å². The van der Waals surface area contributed by atoms with Crippen LogP contribution in [0.25, 0.3) is 0 Å². The van der Waals surface area contributed by atoms with Crippen molar-refractivity contribution in [3.63, 3.8) is 0 Å². The number of nitrogens with zero attached hydrogens (tertiary/aromatic N) is 4. The Kier molecular flexibility index (Phi) is 10.0. The van der Waals surface area contributed by atoms with E-state index in [1.807, 2.05) is 0 Å². The fourth-order valence-electron chi connectivity index (χ4n) is 6.42. The number of pyridine rings is 1. The van der Waals surface area contributed by atoms with Crippen LogP contribution in [0.1, 0.15) is 86.0 Å². The zero-order valence-corrected chi connectivity index (χ0v) is 27.2. The Bertz CT molecular complexity index is 1380. The number of allylic oxidation sites excluding steroid dienone is 2. The molecule has 1 unspecified atom stereocenters. The van der Waals surface area contributed by atoms with Crippen LogP contribution in [-0.4, -0.2) is 66.0 Å². The van der Waals surface area contributed by atoms with Crippen molar-refractivity contribution in [3.05, 3.63) is 42.8 Å². The van der Waals surface area contributed by atoms with Gasteiger partial charge in [-0.2, -0.15) is 8.42 Å². The van der Waals surface area contributed by atoms with Gasteiger partial charge in [0.25, 0.3) is 10.0 Å². The maximum atomic E-state index is 13.5. The molecule has 0 aromatic carbocycles. The number of likely N-dealkylation sites (tertiary alicyclic amines) is 1. The van der Waals surface area contributed by atoms with E-state index in [2.05, 4.69) is 61.1 Å². The Morgan fingerprint density at radius 3 is 2.72 bits per heavy atom. The van der Waals surface area contributed by atoms with Crippen molar-refractivity contribution in [2.45, 2.75) is 96.6 Å². The lowest BCUT2D eigenvalue weighted by molar-refractivity contribution is -0.129. The third kappa shape index (κ3) is 8.46. The van der Waals surface area contributed by atoms with Gasteiger partial charge in [-0.05, 0) is 81.9 Å². The smallest absolute Gasteiger partial charge is 0.281 e. The molecule has 3 aliphatic heterocycles. The minimum absolute atomic E-state index is 0.0348. The molecule has 0 radical (unpaired) electrons. The zero-order valence-electron chi connectivity index (χ0n) is 26.4. The second-order valence-electron chi connectivity index (χ2n) is 13.8. The summed E-state index contributed by atoms with van der Waals surface area (Å²) < 4.78 is 28.4. The largest absolute Gasteiger partial charge is 0.370 e. The van der Waals surface area contributed by atoms with Gasteiger partial charge >= 0.3 is 0 Å². The molecule has 2 fully saturated rings. The van der Waals surface area contributed by atoms with Crippen molar-refractivity contribution in [1.82, 2.24) is 19.5 Å². The molecule has 1 aromatic rings. The van der Waals surface area contributed by atoms with Crippen molar-refractivity contribution in [3.8, 4) is 0 Å². The van der Waals surface area contributed by atoms with Gasteiger partial charge in [0, 0.05) is 31.1 Å². The predicted octanol–water partition coefficient (Wildman–Crippen LogP) is 5.07. The predicted molar refractivity (Wildman–Crippen MR) is 170 cm³/mol. The van der Waals surface area contributed by atoms with E-state index in [0.29, 0.717) is 43.0 Å². The van der Waals surface area contributed by atoms with Gasteiger partial charge in [-0.3, -0.25) is 14.5 Å². The normalized spacial score (nSPS) is 25.6. The second kappa shape index (κ2) is 13.2. The molecule has 0 saturated carbocycles. The number of carbonyl (C=O) groups excluding carboxylic acids is 2. The van der Waals surface area contributed by atoms with E-state index >= 15 is 0 Å². The van der Waals surface area contributed by atoms with Gasteiger partial charge in [0.15, 0.2) is 5.03 Å². The molecule has 0 aliphatic carbocycles. The number of hydrogen-bond donors (Lipinski definition) is 2. The molecular weight excluding hydrogens is 564 g/mol. The summed E-state index contributed by atoms with van der Waals surface area (Å²) >= 11 is 0. The molecule has 4 bridgehead atoms. The third-order valence-electron chi connectivity index (χ3n) is 8.52. The van der Waals surface area contributed by atoms with Crippen LogP contribution in [0.15, 0.2) is 52.8 Å². The van der Waals surface area contributed by atoms with E-state index in [9.17, 15) is 18.0 Å². The number of fused-ring (bicyclic) bond motifs is 4. The second-order valence-corrected chi connectivity index (χ2v) is 15.5. The van der Waals surface area contributed by atoms with Crippen LogP contribution < -0.4 is 10.0 Å². The van der Waals surface area contributed by atoms with E-state index in [1.165, 1.54) is 6.07 Å². The summed E-state index contributed by atoms with van der Waals surface area (Å²) in [4.78, 5) is 39.9. The first-order valence-corrected chi connectivity index (χ1v) is 16.9. The molecule has 0 spiro atoms. The monoisotopic (exact) mass is 612 g/mol. The highest BCUT2D eigenvalue weighted by atomic mass is 32.2. The van der Waals surface area contributed by atoms with Gasteiger partial charge in [0.1, 0.15) is 17.5 Å². The number of sulfonamides is 1. The van der Waals surface area contributed by atoms with E-state index in [1.54, 1.807) is 29.2 Å². The van der Waals surface area contributed by atoms with Gasteiger partial charge in [-0.25, -0.2) is 14.7 Å². The number of nitrogens with one attached hydrogen (secondary N) is 2. The van der Waals surface area contributed by atoms with Crippen LogP contribution in [0.4, 0.5) is 5.82 Å². The number of carbonyl (C=O) groups is 2. The molecule has 4 heterocycles. The molecule has 3 aliphatic rings. The van der Waals surface area contributed by atoms with Crippen LogP contribution in [-0.2, 0) is 19.6 Å². The molecule has 43 heavy (non-hydrogen) atoms. The highest BCUT2D eigenvalue weighted by molar-refractivity contribution is 7.90. The topological polar surface area (TPSA) is 124 Å². The Morgan fingerprint density at radius 1 is 1.23 bits per heavy atom. The molecule has 2 atom stereocenters. The summed E-state index contributed by atoms with van der Waals surface area (Å²) in [5.41, 5.74) is -0.0984. The summed E-state index contributed by atoms with van der Waals surface area (Å²) in [6.07, 6.45) is 9.39. The van der Waals surface area contributed by atoms with Crippen LogP contribution in [0.2, 0.25) is 0 Å². The Balaban J connectivity index is 1.65. The molecule has 236 valence electrons. The highest BCUT2D eigenvalue weighted by Crippen LogP contribution is 2.37. The van der Waals surface area contributed by atoms with Crippen LogP contribution >= 0.6 is 0 Å². The number of aliphatic imine (C=N–C) groups is 1. The van der Waals surface area contributed by atoms with E-state index < -0.39 is 15.9 Å². The van der Waals surface area contributed by atoms with Gasteiger partial charge in [-0.1, -0.05) is 45.9 Å². The van der Waals surface area contributed by atoms with E-state index in [0.717, 1.165) is 44.9 Å². The molecule has 4 rings (SSSR count). The van der Waals surface area contributed by atoms with Gasteiger partial charge in [0.2, 0.25) is 11.8 Å².